The Morgan fingerprint density at radius 3 is 3.00 bits per heavy atom. The van der Waals surface area contributed by atoms with Crippen LogP contribution in [0.4, 0.5) is 4.39 Å². The number of aromatic nitrogens is 1. The molecule has 0 amide bonds. The molecule has 2 nitrogen and oxygen atoms in total. The van der Waals surface area contributed by atoms with Crippen LogP contribution in [0.25, 0.3) is 10.9 Å². The Labute approximate surface area is 95.1 Å². The Morgan fingerprint density at radius 2 is 2.19 bits per heavy atom. The number of rotatable bonds is 5. The Balaban J connectivity index is 2.07. The smallest absolute Gasteiger partial charge is 0.123 e. The van der Waals surface area contributed by atoms with Crippen molar-refractivity contribution in [1.29, 1.82) is 0 Å². The summed E-state index contributed by atoms with van der Waals surface area (Å²) in [5.74, 6) is -0.169. The first kappa shape index (κ1) is 11.1. The quantitative estimate of drug-likeness (QED) is 0.767. The Bertz CT molecular complexity index is 462. The lowest BCUT2D eigenvalue weighted by Gasteiger charge is -2.05. The zero-order valence-electron chi connectivity index (χ0n) is 9.54. The third kappa shape index (κ3) is 2.42. The van der Waals surface area contributed by atoms with Crippen LogP contribution in [0.2, 0.25) is 0 Å². The van der Waals surface area contributed by atoms with Crippen molar-refractivity contribution in [1.82, 2.24) is 9.88 Å². The van der Waals surface area contributed by atoms with E-state index in [0.717, 1.165) is 37.0 Å². The normalized spacial score (nSPS) is 11.1. The average Bonchev–Trinajstić information content (AvgIpc) is 2.67. The van der Waals surface area contributed by atoms with E-state index < -0.39 is 0 Å². The molecule has 86 valence electrons. The van der Waals surface area contributed by atoms with Crippen LogP contribution in [-0.4, -0.2) is 17.7 Å². The molecule has 0 atom stereocenters. The summed E-state index contributed by atoms with van der Waals surface area (Å²) in [5, 5.41) is 4.27. The van der Waals surface area contributed by atoms with Gasteiger partial charge in [0.1, 0.15) is 5.82 Å². The molecule has 0 fully saturated rings. The maximum absolute atomic E-state index is 13.0. The molecule has 2 aromatic rings. The maximum atomic E-state index is 13.0. The fourth-order valence-corrected chi connectivity index (χ4v) is 1.92. The van der Waals surface area contributed by atoms with Gasteiger partial charge in [0.25, 0.3) is 0 Å². The molecular formula is C13H17FN2. The van der Waals surface area contributed by atoms with Gasteiger partial charge in [0.15, 0.2) is 0 Å². The van der Waals surface area contributed by atoms with Gasteiger partial charge in [0.05, 0.1) is 0 Å². The summed E-state index contributed by atoms with van der Waals surface area (Å²) in [5.41, 5.74) is 1.11. The number of hydrogen-bond acceptors (Lipinski definition) is 1. The first-order chi connectivity index (χ1) is 7.81. The number of aryl methyl sites for hydroxylation is 1. The molecule has 0 bridgehead atoms. The predicted molar refractivity (Wildman–Crippen MR) is 65.1 cm³/mol. The van der Waals surface area contributed by atoms with Crippen LogP contribution >= 0.6 is 0 Å². The highest BCUT2D eigenvalue weighted by Gasteiger charge is 2.01. The van der Waals surface area contributed by atoms with Crippen molar-refractivity contribution in [3.63, 3.8) is 0 Å². The highest BCUT2D eigenvalue weighted by Crippen LogP contribution is 2.17. The van der Waals surface area contributed by atoms with Crippen LogP contribution in [0.3, 0.4) is 0 Å². The Morgan fingerprint density at radius 1 is 1.31 bits per heavy atom. The SMILES string of the molecule is CCNCCCn1ccc2cc(F)ccc21. The molecule has 0 spiro atoms. The van der Waals surface area contributed by atoms with Crippen molar-refractivity contribution in [2.75, 3.05) is 13.1 Å². The van der Waals surface area contributed by atoms with Gasteiger partial charge >= 0.3 is 0 Å². The van der Waals surface area contributed by atoms with Gasteiger partial charge in [-0.15, -0.1) is 0 Å². The van der Waals surface area contributed by atoms with Gasteiger partial charge in [0, 0.05) is 23.6 Å². The van der Waals surface area contributed by atoms with Gasteiger partial charge in [-0.1, -0.05) is 6.92 Å². The van der Waals surface area contributed by atoms with Gasteiger partial charge in [-0.05, 0) is 43.8 Å². The van der Waals surface area contributed by atoms with E-state index in [1.54, 1.807) is 6.07 Å². The summed E-state index contributed by atoms with van der Waals surface area (Å²) in [6.45, 7) is 5.12. The molecule has 0 saturated carbocycles. The molecule has 0 aliphatic heterocycles. The Hall–Kier alpha value is -1.35. The molecule has 2 rings (SSSR count). The van der Waals surface area contributed by atoms with Gasteiger partial charge in [-0.25, -0.2) is 4.39 Å². The molecule has 1 N–H and O–H groups in total. The monoisotopic (exact) mass is 220 g/mol. The summed E-state index contributed by atoms with van der Waals surface area (Å²) in [4.78, 5) is 0. The fourth-order valence-electron chi connectivity index (χ4n) is 1.92. The van der Waals surface area contributed by atoms with E-state index >= 15 is 0 Å². The molecule has 0 unspecified atom stereocenters. The third-order valence-electron chi connectivity index (χ3n) is 2.74. The van der Waals surface area contributed by atoms with Crippen molar-refractivity contribution in [3.8, 4) is 0 Å². The second-order valence-electron chi connectivity index (χ2n) is 3.92. The average molecular weight is 220 g/mol. The highest BCUT2D eigenvalue weighted by atomic mass is 19.1. The number of fused-ring (bicyclic) bond motifs is 1. The van der Waals surface area contributed by atoms with Gasteiger partial charge in [0.2, 0.25) is 0 Å². The molecule has 3 heteroatoms. The summed E-state index contributed by atoms with van der Waals surface area (Å²) >= 11 is 0. The predicted octanol–water partition coefficient (Wildman–Crippen LogP) is 2.78. The van der Waals surface area contributed by atoms with Crippen molar-refractivity contribution >= 4 is 10.9 Å². The standard InChI is InChI=1S/C13H17FN2/c1-2-15-7-3-8-16-9-6-11-10-12(14)4-5-13(11)16/h4-6,9-10,15H,2-3,7-8H2,1H3. The minimum Gasteiger partial charge on any atom is -0.347 e. The zero-order chi connectivity index (χ0) is 11.4. The van der Waals surface area contributed by atoms with Crippen LogP contribution in [-0.2, 0) is 6.54 Å². The highest BCUT2D eigenvalue weighted by molar-refractivity contribution is 5.80. The van der Waals surface area contributed by atoms with Crippen LogP contribution < -0.4 is 5.32 Å². The molecule has 1 heterocycles. The van der Waals surface area contributed by atoms with E-state index in [0.29, 0.717) is 0 Å². The van der Waals surface area contributed by atoms with E-state index in [1.165, 1.54) is 6.07 Å². The lowest BCUT2D eigenvalue weighted by atomic mass is 10.2. The van der Waals surface area contributed by atoms with E-state index in [9.17, 15) is 4.39 Å². The molecule has 0 aliphatic carbocycles. The third-order valence-corrected chi connectivity index (χ3v) is 2.74. The molecule has 1 aromatic heterocycles. The summed E-state index contributed by atoms with van der Waals surface area (Å²) < 4.78 is 15.2. The van der Waals surface area contributed by atoms with Crippen LogP contribution in [0, 0.1) is 5.82 Å². The summed E-state index contributed by atoms with van der Waals surface area (Å²) in [7, 11) is 0. The first-order valence-electron chi connectivity index (χ1n) is 5.76. The summed E-state index contributed by atoms with van der Waals surface area (Å²) in [6, 6.07) is 6.91. The number of nitrogens with one attached hydrogen (secondary N) is 1. The molecule has 0 saturated heterocycles. The second-order valence-corrected chi connectivity index (χ2v) is 3.92. The van der Waals surface area contributed by atoms with E-state index in [1.807, 2.05) is 18.3 Å². The number of benzene rings is 1. The van der Waals surface area contributed by atoms with Crippen LogP contribution in [0.1, 0.15) is 13.3 Å². The first-order valence-corrected chi connectivity index (χ1v) is 5.76. The van der Waals surface area contributed by atoms with Gasteiger partial charge in [-0.2, -0.15) is 0 Å². The van der Waals surface area contributed by atoms with Crippen molar-refractivity contribution in [3.05, 3.63) is 36.3 Å². The topological polar surface area (TPSA) is 17.0 Å². The van der Waals surface area contributed by atoms with Crippen molar-refractivity contribution in [2.45, 2.75) is 19.9 Å². The lowest BCUT2D eigenvalue weighted by molar-refractivity contribution is 0.603. The van der Waals surface area contributed by atoms with Crippen molar-refractivity contribution < 1.29 is 4.39 Å². The molecule has 1 aromatic carbocycles. The number of nitrogens with zero attached hydrogens (tertiary/aromatic N) is 1. The van der Waals surface area contributed by atoms with Crippen LogP contribution in [0.5, 0.6) is 0 Å². The Kier molecular flexibility index (Phi) is 3.57. The van der Waals surface area contributed by atoms with Gasteiger partial charge in [-0.3, -0.25) is 0 Å². The zero-order valence-corrected chi connectivity index (χ0v) is 9.54. The molecule has 0 aliphatic rings. The molecule has 16 heavy (non-hydrogen) atoms. The fraction of sp³-hybridized carbons (Fsp3) is 0.385. The van der Waals surface area contributed by atoms with Gasteiger partial charge < -0.3 is 9.88 Å². The van der Waals surface area contributed by atoms with E-state index in [2.05, 4.69) is 16.8 Å². The minimum absolute atomic E-state index is 0.169. The molecular weight excluding hydrogens is 203 g/mol. The van der Waals surface area contributed by atoms with E-state index in [-0.39, 0.29) is 5.82 Å². The minimum atomic E-state index is -0.169. The second kappa shape index (κ2) is 5.12. The number of halogens is 1. The maximum Gasteiger partial charge on any atom is 0.123 e. The number of hydrogen-bond donors (Lipinski definition) is 1. The molecule has 0 radical (unpaired) electrons. The lowest BCUT2D eigenvalue weighted by Crippen LogP contribution is -2.15. The van der Waals surface area contributed by atoms with Crippen LogP contribution in [0.15, 0.2) is 30.5 Å². The largest absolute Gasteiger partial charge is 0.347 e. The van der Waals surface area contributed by atoms with Crippen molar-refractivity contribution in [2.24, 2.45) is 0 Å². The van der Waals surface area contributed by atoms with E-state index in [4.69, 9.17) is 0 Å². The summed E-state index contributed by atoms with van der Waals surface area (Å²) in [6.07, 6.45) is 3.12.